The molecule has 1 saturated carbocycles. The molecule has 1 N–H and O–H groups in total. The number of thiophene rings is 1. The summed E-state index contributed by atoms with van der Waals surface area (Å²) in [6, 6.07) is 3.90. The number of thiazole rings is 1. The van der Waals surface area contributed by atoms with Crippen molar-refractivity contribution in [2.24, 2.45) is 0 Å². The summed E-state index contributed by atoms with van der Waals surface area (Å²) in [5.74, 6) is 0.652. The smallest absolute Gasteiger partial charge is 0.255 e. The highest BCUT2D eigenvalue weighted by atomic mass is 32.1. The minimum absolute atomic E-state index is 0.142. The molecular formula is C23H24N6OS2. The topological polar surface area (TPSA) is 85.6 Å². The van der Waals surface area contributed by atoms with Crippen molar-refractivity contribution >= 4 is 28.6 Å². The van der Waals surface area contributed by atoms with Crippen LogP contribution < -0.4 is 5.32 Å². The zero-order valence-electron chi connectivity index (χ0n) is 18.4. The fraction of sp³-hybridized carbons (Fsp3) is 0.348. The molecular weight excluding hydrogens is 440 g/mol. The van der Waals surface area contributed by atoms with E-state index in [1.54, 1.807) is 39.7 Å². The van der Waals surface area contributed by atoms with Gasteiger partial charge in [-0.15, -0.1) is 22.7 Å². The molecule has 0 aliphatic heterocycles. The summed E-state index contributed by atoms with van der Waals surface area (Å²) in [5.41, 5.74) is 4.33. The summed E-state index contributed by atoms with van der Waals surface area (Å²) >= 11 is 3.34. The molecule has 4 aromatic rings. The average molecular weight is 465 g/mol. The molecule has 9 heteroatoms. The van der Waals surface area contributed by atoms with Crippen LogP contribution >= 0.6 is 22.7 Å². The third kappa shape index (κ3) is 3.98. The summed E-state index contributed by atoms with van der Waals surface area (Å²) in [4.78, 5) is 29.4. The van der Waals surface area contributed by atoms with Crippen LogP contribution in [0.3, 0.4) is 0 Å². The van der Waals surface area contributed by atoms with Crippen molar-refractivity contribution < 1.29 is 4.79 Å². The fourth-order valence-corrected chi connectivity index (χ4v) is 5.49. The lowest BCUT2D eigenvalue weighted by atomic mass is 10.1. The number of hydrogen-bond donors (Lipinski definition) is 1. The van der Waals surface area contributed by atoms with Crippen LogP contribution in [0.1, 0.15) is 68.2 Å². The molecule has 0 radical (unpaired) electrons. The highest BCUT2D eigenvalue weighted by Crippen LogP contribution is 2.42. The summed E-state index contributed by atoms with van der Waals surface area (Å²) in [6.07, 6.45) is 5.47. The lowest BCUT2D eigenvalue weighted by molar-refractivity contribution is 0.0938. The molecule has 0 bridgehead atoms. The van der Waals surface area contributed by atoms with Gasteiger partial charge < -0.3 is 5.32 Å². The minimum atomic E-state index is -0.174. The van der Waals surface area contributed by atoms with Gasteiger partial charge in [0.1, 0.15) is 0 Å². The second kappa shape index (κ2) is 8.22. The van der Waals surface area contributed by atoms with Gasteiger partial charge in [-0.25, -0.2) is 19.6 Å². The highest BCUT2D eigenvalue weighted by molar-refractivity contribution is 7.12. The number of nitrogens with zero attached hydrogens (tertiary/aromatic N) is 5. The number of aromatic nitrogens is 5. The second-order valence-electron chi connectivity index (χ2n) is 8.18. The van der Waals surface area contributed by atoms with Gasteiger partial charge in [0, 0.05) is 32.8 Å². The monoisotopic (exact) mass is 464 g/mol. The molecule has 164 valence electrons. The second-order valence-corrected chi connectivity index (χ2v) is 10.7. The van der Waals surface area contributed by atoms with E-state index < -0.39 is 0 Å². The Kier molecular flexibility index (Phi) is 5.38. The molecule has 1 aliphatic rings. The maximum atomic E-state index is 13.1. The van der Waals surface area contributed by atoms with Gasteiger partial charge in [0.25, 0.3) is 11.9 Å². The SMILES string of the molecule is Cc1cc(-c2ccnc(-n3ncc(C(=O)NC(C)c4csc(C)n4)c3C3CC3)n2)c(C)s1. The van der Waals surface area contributed by atoms with E-state index in [2.05, 4.69) is 40.3 Å². The van der Waals surface area contributed by atoms with Gasteiger partial charge in [-0.3, -0.25) is 4.79 Å². The highest BCUT2D eigenvalue weighted by Gasteiger charge is 2.34. The molecule has 0 saturated heterocycles. The van der Waals surface area contributed by atoms with Crippen LogP contribution in [0, 0.1) is 20.8 Å². The predicted molar refractivity (Wildman–Crippen MR) is 127 cm³/mol. The van der Waals surface area contributed by atoms with Crippen molar-refractivity contribution in [2.45, 2.75) is 52.5 Å². The van der Waals surface area contributed by atoms with Crippen LogP contribution in [0.2, 0.25) is 0 Å². The van der Waals surface area contributed by atoms with Crippen molar-refractivity contribution in [3.8, 4) is 17.2 Å². The zero-order valence-corrected chi connectivity index (χ0v) is 20.0. The lowest BCUT2D eigenvalue weighted by Crippen LogP contribution is -2.27. The van der Waals surface area contributed by atoms with Crippen LogP contribution in [0.15, 0.2) is 29.9 Å². The first-order chi connectivity index (χ1) is 15.4. The third-order valence-corrected chi connectivity index (χ3v) is 7.35. The maximum Gasteiger partial charge on any atom is 0.255 e. The van der Waals surface area contributed by atoms with E-state index in [-0.39, 0.29) is 11.9 Å². The third-order valence-electron chi connectivity index (χ3n) is 5.59. The van der Waals surface area contributed by atoms with E-state index in [4.69, 9.17) is 4.98 Å². The van der Waals surface area contributed by atoms with Gasteiger partial charge in [-0.05, 0) is 52.7 Å². The van der Waals surface area contributed by atoms with Crippen molar-refractivity contribution in [1.82, 2.24) is 30.0 Å². The zero-order chi connectivity index (χ0) is 22.4. The van der Waals surface area contributed by atoms with E-state index in [1.165, 1.54) is 9.75 Å². The van der Waals surface area contributed by atoms with E-state index in [1.807, 2.05) is 25.3 Å². The van der Waals surface area contributed by atoms with E-state index in [0.29, 0.717) is 17.4 Å². The number of aryl methyl sites for hydroxylation is 3. The fourth-order valence-electron chi connectivity index (χ4n) is 3.85. The van der Waals surface area contributed by atoms with E-state index in [9.17, 15) is 4.79 Å². The Morgan fingerprint density at radius 3 is 2.72 bits per heavy atom. The molecule has 1 amide bonds. The largest absolute Gasteiger partial charge is 0.344 e. The molecule has 4 aromatic heterocycles. The Morgan fingerprint density at radius 2 is 2.06 bits per heavy atom. The number of carbonyl (C=O) groups excluding carboxylic acids is 1. The summed E-state index contributed by atoms with van der Waals surface area (Å²) in [6.45, 7) is 8.11. The average Bonchev–Trinajstić information content (AvgIpc) is 3.18. The van der Waals surface area contributed by atoms with Crippen molar-refractivity contribution in [2.75, 3.05) is 0 Å². The van der Waals surface area contributed by atoms with Gasteiger partial charge in [0.2, 0.25) is 0 Å². The number of nitrogens with one attached hydrogen (secondary N) is 1. The first-order valence-electron chi connectivity index (χ1n) is 10.6. The van der Waals surface area contributed by atoms with E-state index in [0.717, 1.165) is 40.5 Å². The molecule has 7 nitrogen and oxygen atoms in total. The van der Waals surface area contributed by atoms with Crippen LogP contribution in [0.5, 0.6) is 0 Å². The first kappa shape index (κ1) is 21.0. The van der Waals surface area contributed by atoms with Gasteiger partial charge >= 0.3 is 0 Å². The van der Waals surface area contributed by atoms with Crippen molar-refractivity contribution in [1.29, 1.82) is 0 Å². The number of rotatable bonds is 6. The van der Waals surface area contributed by atoms with Crippen LogP contribution in [-0.2, 0) is 0 Å². The molecule has 5 rings (SSSR count). The molecule has 4 heterocycles. The van der Waals surface area contributed by atoms with Crippen molar-refractivity contribution in [3.63, 3.8) is 0 Å². The molecule has 1 unspecified atom stereocenters. The Labute approximate surface area is 194 Å². The summed E-state index contributed by atoms with van der Waals surface area (Å²) in [7, 11) is 0. The Bertz CT molecular complexity index is 1300. The normalized spacial score (nSPS) is 14.5. The van der Waals surface area contributed by atoms with Crippen molar-refractivity contribution in [3.05, 3.63) is 61.6 Å². The number of amides is 1. The van der Waals surface area contributed by atoms with E-state index >= 15 is 0 Å². The minimum Gasteiger partial charge on any atom is -0.344 e. The number of carbonyl (C=O) groups is 1. The molecule has 1 atom stereocenters. The Hall–Kier alpha value is -2.91. The Morgan fingerprint density at radius 1 is 1.25 bits per heavy atom. The lowest BCUT2D eigenvalue weighted by Gasteiger charge is -2.12. The standard InChI is InChI=1S/C23H24N6OS2/c1-12-9-17(14(3)32-12)19-7-8-24-23(28-19)29-21(16-5-6-16)18(10-25-29)22(30)26-13(2)20-11-31-15(4)27-20/h7-11,13,16H,5-6H2,1-4H3,(H,26,30). The Balaban J connectivity index is 1.47. The summed E-state index contributed by atoms with van der Waals surface area (Å²) in [5, 5.41) is 10.6. The predicted octanol–water partition coefficient (Wildman–Crippen LogP) is 5.14. The maximum absolute atomic E-state index is 13.1. The van der Waals surface area contributed by atoms with Gasteiger partial charge in [0.15, 0.2) is 0 Å². The van der Waals surface area contributed by atoms with Gasteiger partial charge in [0.05, 0.1) is 39.9 Å². The molecule has 0 aromatic carbocycles. The number of hydrogen-bond acceptors (Lipinski definition) is 7. The quantitative estimate of drug-likeness (QED) is 0.427. The summed E-state index contributed by atoms with van der Waals surface area (Å²) < 4.78 is 1.74. The molecule has 0 spiro atoms. The molecule has 1 fully saturated rings. The first-order valence-corrected chi connectivity index (χ1v) is 12.3. The van der Waals surface area contributed by atoms with Gasteiger partial charge in [-0.2, -0.15) is 5.10 Å². The van der Waals surface area contributed by atoms with Crippen LogP contribution in [-0.4, -0.2) is 30.6 Å². The molecule has 1 aliphatic carbocycles. The van der Waals surface area contributed by atoms with Crippen LogP contribution in [0.25, 0.3) is 17.2 Å². The van der Waals surface area contributed by atoms with Gasteiger partial charge in [-0.1, -0.05) is 0 Å². The molecule has 32 heavy (non-hydrogen) atoms. The van der Waals surface area contributed by atoms with Crippen LogP contribution in [0.4, 0.5) is 0 Å².